The molecule has 2 N–H and O–H groups in total. The zero-order chi connectivity index (χ0) is 13.7. The number of hydrogen-bond donors (Lipinski definition) is 1. The van der Waals surface area contributed by atoms with Gasteiger partial charge in [0, 0.05) is 44.6 Å². The second-order valence-corrected chi connectivity index (χ2v) is 5.30. The number of amides is 2. The molecule has 1 heterocycles. The van der Waals surface area contributed by atoms with Crippen LogP contribution in [0.25, 0.3) is 0 Å². The summed E-state index contributed by atoms with van der Waals surface area (Å²) in [6.45, 7) is 8.79. The minimum Gasteiger partial charge on any atom is -0.341 e. The van der Waals surface area contributed by atoms with E-state index in [4.69, 9.17) is 5.73 Å². The molecular formula is C13H25N3O2. The number of hydrogen-bond acceptors (Lipinski definition) is 3. The predicted octanol–water partition coefficient (Wildman–Crippen LogP) is 0.298. The quantitative estimate of drug-likeness (QED) is 0.788. The Morgan fingerprint density at radius 3 is 1.94 bits per heavy atom. The highest BCUT2D eigenvalue weighted by Gasteiger charge is 2.25. The van der Waals surface area contributed by atoms with Crippen molar-refractivity contribution in [1.29, 1.82) is 0 Å². The van der Waals surface area contributed by atoms with Gasteiger partial charge in [-0.1, -0.05) is 20.8 Å². The molecule has 1 aliphatic rings. The molecule has 104 valence electrons. The Morgan fingerprint density at radius 1 is 1.00 bits per heavy atom. The lowest BCUT2D eigenvalue weighted by Crippen LogP contribution is -2.41. The largest absolute Gasteiger partial charge is 0.341 e. The summed E-state index contributed by atoms with van der Waals surface area (Å²) in [6, 6.07) is 0. The van der Waals surface area contributed by atoms with E-state index >= 15 is 0 Å². The van der Waals surface area contributed by atoms with Crippen LogP contribution in [0.2, 0.25) is 0 Å². The van der Waals surface area contributed by atoms with Crippen molar-refractivity contribution in [1.82, 2.24) is 9.80 Å². The van der Waals surface area contributed by atoms with E-state index in [2.05, 4.69) is 0 Å². The van der Waals surface area contributed by atoms with Crippen LogP contribution >= 0.6 is 0 Å². The van der Waals surface area contributed by atoms with Gasteiger partial charge in [0.15, 0.2) is 0 Å². The first-order chi connectivity index (χ1) is 8.47. The van der Waals surface area contributed by atoms with E-state index in [1.54, 1.807) is 0 Å². The summed E-state index contributed by atoms with van der Waals surface area (Å²) in [7, 11) is 0. The van der Waals surface area contributed by atoms with E-state index in [0.717, 1.165) is 19.5 Å². The third-order valence-corrected chi connectivity index (χ3v) is 3.39. The number of rotatable bonds is 3. The molecule has 0 saturated carbocycles. The second-order valence-electron chi connectivity index (χ2n) is 5.30. The molecule has 0 spiro atoms. The lowest BCUT2D eigenvalue weighted by molar-refractivity contribution is -0.136. The van der Waals surface area contributed by atoms with Crippen LogP contribution in [-0.4, -0.2) is 54.3 Å². The molecule has 1 rings (SSSR count). The van der Waals surface area contributed by atoms with Gasteiger partial charge in [-0.2, -0.15) is 0 Å². The zero-order valence-corrected chi connectivity index (χ0v) is 11.7. The SMILES string of the molecule is CC(C)C(=O)N1CCCN(C(=O)C(C)CN)CC1. The summed E-state index contributed by atoms with van der Waals surface area (Å²) >= 11 is 0. The molecule has 0 radical (unpaired) electrons. The molecular weight excluding hydrogens is 230 g/mol. The van der Waals surface area contributed by atoms with E-state index in [9.17, 15) is 9.59 Å². The standard InChI is InChI=1S/C13H25N3O2/c1-10(2)12(17)15-5-4-6-16(8-7-15)13(18)11(3)9-14/h10-11H,4-9,14H2,1-3H3. The molecule has 1 fully saturated rings. The highest BCUT2D eigenvalue weighted by Crippen LogP contribution is 2.10. The molecule has 1 atom stereocenters. The molecule has 1 saturated heterocycles. The van der Waals surface area contributed by atoms with E-state index in [1.807, 2.05) is 30.6 Å². The predicted molar refractivity (Wildman–Crippen MR) is 70.8 cm³/mol. The van der Waals surface area contributed by atoms with Crippen molar-refractivity contribution in [2.75, 3.05) is 32.7 Å². The van der Waals surface area contributed by atoms with Crippen molar-refractivity contribution in [2.24, 2.45) is 17.6 Å². The van der Waals surface area contributed by atoms with Gasteiger partial charge < -0.3 is 15.5 Å². The normalized spacial score (nSPS) is 18.7. The molecule has 0 bridgehead atoms. The number of carbonyl (C=O) groups is 2. The van der Waals surface area contributed by atoms with E-state index in [0.29, 0.717) is 19.6 Å². The molecule has 1 unspecified atom stereocenters. The van der Waals surface area contributed by atoms with Crippen LogP contribution < -0.4 is 5.73 Å². The average molecular weight is 255 g/mol. The topological polar surface area (TPSA) is 66.6 Å². The zero-order valence-electron chi connectivity index (χ0n) is 11.7. The first-order valence-electron chi connectivity index (χ1n) is 6.75. The molecule has 0 aromatic carbocycles. The van der Waals surface area contributed by atoms with Crippen LogP contribution in [0.15, 0.2) is 0 Å². The van der Waals surface area contributed by atoms with Gasteiger partial charge in [-0.05, 0) is 6.42 Å². The Hall–Kier alpha value is -1.10. The summed E-state index contributed by atoms with van der Waals surface area (Å²) in [5.41, 5.74) is 5.52. The van der Waals surface area contributed by atoms with Crippen molar-refractivity contribution in [2.45, 2.75) is 27.2 Å². The van der Waals surface area contributed by atoms with Gasteiger partial charge in [-0.3, -0.25) is 9.59 Å². The van der Waals surface area contributed by atoms with Gasteiger partial charge in [0.05, 0.1) is 0 Å². The van der Waals surface area contributed by atoms with Crippen LogP contribution in [0.1, 0.15) is 27.2 Å². The Kier molecular flexibility index (Phi) is 5.59. The van der Waals surface area contributed by atoms with Crippen molar-refractivity contribution >= 4 is 11.8 Å². The molecule has 18 heavy (non-hydrogen) atoms. The third-order valence-electron chi connectivity index (χ3n) is 3.39. The molecule has 0 aromatic rings. The van der Waals surface area contributed by atoms with Crippen LogP contribution in [0.4, 0.5) is 0 Å². The minimum atomic E-state index is -0.127. The molecule has 5 heteroatoms. The smallest absolute Gasteiger partial charge is 0.226 e. The number of nitrogens with two attached hydrogens (primary N) is 1. The van der Waals surface area contributed by atoms with Gasteiger partial charge in [-0.15, -0.1) is 0 Å². The number of nitrogens with zero attached hydrogens (tertiary/aromatic N) is 2. The van der Waals surface area contributed by atoms with E-state index in [-0.39, 0.29) is 23.7 Å². The first-order valence-corrected chi connectivity index (χ1v) is 6.75. The summed E-state index contributed by atoms with van der Waals surface area (Å²) in [5, 5.41) is 0. The fourth-order valence-corrected chi connectivity index (χ4v) is 2.14. The van der Waals surface area contributed by atoms with Crippen LogP contribution in [0.3, 0.4) is 0 Å². The van der Waals surface area contributed by atoms with E-state index < -0.39 is 0 Å². The maximum Gasteiger partial charge on any atom is 0.226 e. The second kappa shape index (κ2) is 6.73. The van der Waals surface area contributed by atoms with Crippen molar-refractivity contribution in [3.63, 3.8) is 0 Å². The summed E-state index contributed by atoms with van der Waals surface area (Å²) in [4.78, 5) is 27.7. The van der Waals surface area contributed by atoms with Gasteiger partial charge in [0.25, 0.3) is 0 Å². The average Bonchev–Trinajstić information content (AvgIpc) is 2.61. The lowest BCUT2D eigenvalue weighted by atomic mass is 10.1. The fourth-order valence-electron chi connectivity index (χ4n) is 2.14. The van der Waals surface area contributed by atoms with E-state index in [1.165, 1.54) is 0 Å². The van der Waals surface area contributed by atoms with Crippen LogP contribution in [0.5, 0.6) is 0 Å². The minimum absolute atomic E-state index is 0.0233. The molecule has 0 aliphatic carbocycles. The Labute approximate surface area is 109 Å². The van der Waals surface area contributed by atoms with Gasteiger partial charge in [0.1, 0.15) is 0 Å². The van der Waals surface area contributed by atoms with Crippen molar-refractivity contribution in [3.05, 3.63) is 0 Å². The maximum absolute atomic E-state index is 12.0. The number of carbonyl (C=O) groups excluding carboxylic acids is 2. The molecule has 2 amide bonds. The first kappa shape index (κ1) is 15.0. The Morgan fingerprint density at radius 2 is 1.50 bits per heavy atom. The van der Waals surface area contributed by atoms with Gasteiger partial charge in [0.2, 0.25) is 11.8 Å². The highest BCUT2D eigenvalue weighted by atomic mass is 16.2. The molecule has 0 aromatic heterocycles. The summed E-state index contributed by atoms with van der Waals surface area (Å²) in [5.74, 6) is 0.181. The van der Waals surface area contributed by atoms with Gasteiger partial charge in [-0.25, -0.2) is 0 Å². The Balaban J connectivity index is 2.56. The maximum atomic E-state index is 12.0. The Bertz CT molecular complexity index is 305. The van der Waals surface area contributed by atoms with Crippen LogP contribution in [0, 0.1) is 11.8 Å². The monoisotopic (exact) mass is 255 g/mol. The summed E-state index contributed by atoms with van der Waals surface area (Å²) < 4.78 is 0. The van der Waals surface area contributed by atoms with Crippen molar-refractivity contribution in [3.8, 4) is 0 Å². The lowest BCUT2D eigenvalue weighted by Gasteiger charge is -2.25. The highest BCUT2D eigenvalue weighted by molar-refractivity contribution is 5.80. The van der Waals surface area contributed by atoms with Crippen molar-refractivity contribution < 1.29 is 9.59 Å². The summed E-state index contributed by atoms with van der Waals surface area (Å²) in [6.07, 6.45) is 0.849. The fraction of sp³-hybridized carbons (Fsp3) is 0.846. The molecule has 5 nitrogen and oxygen atoms in total. The van der Waals surface area contributed by atoms with Gasteiger partial charge >= 0.3 is 0 Å². The molecule has 1 aliphatic heterocycles. The third kappa shape index (κ3) is 3.70. The van der Waals surface area contributed by atoms with Crippen LogP contribution in [-0.2, 0) is 9.59 Å².